The summed E-state index contributed by atoms with van der Waals surface area (Å²) in [4.78, 5) is 160. The molecular weight excluding hydrogens is 1580 g/mol. The number of rotatable bonds is 25. The standard InChI is InChI=1S/C24H24FNO5.C23H23NO5.C16H18FNO4.C16H19NO4.C14H21NO4/c1-16-2-4-18(5-3-16)22(28)30-14-24(21(27)17-10-12-26(24)13-11-17)15-31-23(29)19-6-8-20(25)9-7-19;25-20-17-11-13-24(14-12-17)23(20,15-28-21(26)18-7-3-1-4-8-18)16-29-22(27)19-9-5-2-6-10-19;17-13-3-1-12(2-4-13)15(21)22-10-16(9-19)14(20)11-5-7-18(16)8-6-11;18-10-16(14(19)12-6-8-17(16)9-7-12)11-21-15(20)13-4-2-1-3-5-13;1-18-8-14(9-19-13(17)11-2-3-11)12(16)10-4-6-15(14)7-5-10/h2-9,17H,10-15H2,1H3;1-10,17H,11-16H2;1-4,11,19H,5-10H2;1-5,12,18H,6-11H2;10-11H,2-9H2,1H3. The van der Waals surface area contributed by atoms with Crippen LogP contribution in [0.3, 0.4) is 0 Å². The van der Waals surface area contributed by atoms with E-state index in [2.05, 4.69) is 4.90 Å². The molecular formula is C93H105F2N5O22. The molecule has 6 aromatic carbocycles. The molecule has 22 rings (SSSR count). The number of piperidine rings is 15. The smallest absolute Gasteiger partial charge is 0.338 e. The maximum atomic E-state index is 13.2. The number of aryl methyl sites for hydroxylation is 1. The van der Waals surface area contributed by atoms with Crippen LogP contribution < -0.4 is 0 Å². The Hall–Kier alpha value is -10.5. The first-order chi connectivity index (χ1) is 58.9. The summed E-state index contributed by atoms with van der Waals surface area (Å²) in [6.45, 7) is 8.43. The molecule has 10 bridgehead atoms. The number of Topliss-reactive ketones (excluding diaryl/α,β-unsaturated/α-hetero) is 5. The lowest BCUT2D eigenvalue weighted by Gasteiger charge is -2.51. The summed E-state index contributed by atoms with van der Waals surface area (Å²) in [5, 5.41) is 19.5. The highest BCUT2D eigenvalue weighted by Gasteiger charge is 2.59. The number of hydrogen-bond acceptors (Lipinski definition) is 27. The molecule has 15 aliphatic heterocycles. The van der Waals surface area contributed by atoms with E-state index < -0.39 is 75.1 Å². The van der Waals surface area contributed by atoms with E-state index in [0.29, 0.717) is 42.0 Å². The molecule has 122 heavy (non-hydrogen) atoms. The predicted molar refractivity (Wildman–Crippen MR) is 435 cm³/mol. The van der Waals surface area contributed by atoms with Crippen molar-refractivity contribution < 1.29 is 114 Å². The van der Waals surface area contributed by atoms with Gasteiger partial charge in [-0.25, -0.2) is 37.5 Å². The largest absolute Gasteiger partial charge is 0.463 e. The van der Waals surface area contributed by atoms with Crippen molar-refractivity contribution in [3.63, 3.8) is 0 Å². The number of methoxy groups -OCH3 is 1. The minimum absolute atomic E-state index is 0.00224. The lowest BCUT2D eigenvalue weighted by molar-refractivity contribution is -0.168. The Kier molecular flexibility index (Phi) is 29.1. The number of fused-ring (bicyclic) bond motifs is 15. The van der Waals surface area contributed by atoms with Gasteiger partial charge in [-0.1, -0.05) is 72.3 Å². The highest BCUT2D eigenvalue weighted by Crippen LogP contribution is 2.43. The molecule has 0 aromatic heterocycles. The van der Waals surface area contributed by atoms with Gasteiger partial charge < -0.3 is 48.1 Å². The van der Waals surface area contributed by atoms with Gasteiger partial charge in [-0.2, -0.15) is 0 Å². The SMILES string of the molecule is COCC1(COC(=O)C2CC2)C(=O)C2CCN1CC2.Cc1ccc(C(=O)OCC2(COC(=O)c3ccc(F)cc3)C(=O)C3CCN2CC3)cc1.O=C(OCC1(CO)C(=O)C2CCN1CC2)c1ccc(F)cc1.O=C(OCC1(CO)C(=O)C2CCN1CC2)c1ccccc1.O=C(OCC1(COC(=O)c2ccccc2)C(=O)C2CCN1CC2)c1ccccc1. The molecule has 29 heteroatoms. The summed E-state index contributed by atoms with van der Waals surface area (Å²) in [6.07, 6.45) is 10.1. The Morgan fingerprint density at radius 2 is 0.516 bits per heavy atom. The van der Waals surface area contributed by atoms with Crippen molar-refractivity contribution in [3.05, 3.63) is 214 Å². The molecule has 0 radical (unpaired) electrons. The fourth-order valence-electron chi connectivity index (χ4n) is 18.5. The number of ketones is 5. The van der Waals surface area contributed by atoms with Gasteiger partial charge in [-0.3, -0.25) is 53.3 Å². The molecule has 0 spiro atoms. The number of carbonyl (C=O) groups is 12. The summed E-state index contributed by atoms with van der Waals surface area (Å²) in [5.74, 6) is -4.24. The molecule has 0 amide bonds. The van der Waals surface area contributed by atoms with Crippen molar-refractivity contribution in [2.45, 2.75) is 112 Å². The van der Waals surface area contributed by atoms with E-state index in [1.54, 1.807) is 92.0 Å². The Morgan fingerprint density at radius 1 is 0.303 bits per heavy atom. The molecule has 27 nitrogen and oxygen atoms in total. The average molecular weight is 1680 g/mol. The molecule has 4 atom stereocenters. The summed E-state index contributed by atoms with van der Waals surface area (Å²) in [6, 6.07) is 43.0. The van der Waals surface area contributed by atoms with Crippen LogP contribution in [-0.4, -0.2) is 272 Å². The van der Waals surface area contributed by atoms with E-state index in [9.17, 15) is 76.5 Å². The Morgan fingerprint density at radius 3 is 0.746 bits per heavy atom. The lowest BCUT2D eigenvalue weighted by Crippen LogP contribution is -2.69. The van der Waals surface area contributed by atoms with Crippen molar-refractivity contribution in [1.82, 2.24) is 24.5 Å². The molecule has 16 fully saturated rings. The minimum atomic E-state index is -1.20. The number of benzene rings is 6. The Bertz CT molecular complexity index is 4600. The number of ether oxygens (including phenoxy) is 8. The summed E-state index contributed by atoms with van der Waals surface area (Å²) in [7, 11) is 1.60. The second kappa shape index (κ2) is 39.8. The number of aliphatic hydroxyl groups is 2. The Labute approximate surface area is 706 Å². The van der Waals surface area contributed by atoms with Crippen LogP contribution in [0.15, 0.2) is 164 Å². The molecule has 6 aromatic rings. The first-order valence-electron chi connectivity index (χ1n) is 42.0. The van der Waals surface area contributed by atoms with E-state index in [1.807, 2.05) is 56.9 Å². The molecule has 16 aliphatic rings. The van der Waals surface area contributed by atoms with E-state index in [0.717, 1.165) is 135 Å². The lowest BCUT2D eigenvalue weighted by atomic mass is 9.74. The van der Waals surface area contributed by atoms with E-state index in [4.69, 9.17) is 37.9 Å². The summed E-state index contributed by atoms with van der Waals surface area (Å²) in [5.41, 5.74) is -2.06. The van der Waals surface area contributed by atoms with Crippen molar-refractivity contribution in [3.8, 4) is 0 Å². The van der Waals surface area contributed by atoms with Gasteiger partial charge in [0.05, 0.1) is 59.1 Å². The normalized spacial score (nSPS) is 28.2. The van der Waals surface area contributed by atoms with Crippen LogP contribution >= 0.6 is 0 Å². The van der Waals surface area contributed by atoms with Gasteiger partial charge in [0.25, 0.3) is 0 Å². The third-order valence-corrected chi connectivity index (χ3v) is 26.0. The number of esters is 7. The zero-order chi connectivity index (χ0) is 86.4. The quantitative estimate of drug-likeness (QED) is 0.0401. The third-order valence-electron chi connectivity index (χ3n) is 26.0. The van der Waals surface area contributed by atoms with Crippen LogP contribution in [-0.2, 0) is 66.7 Å². The topological polar surface area (TPSA) is 335 Å². The van der Waals surface area contributed by atoms with Crippen LogP contribution in [0.5, 0.6) is 0 Å². The average Bonchev–Trinajstić information content (AvgIpc) is 1.12. The van der Waals surface area contributed by atoms with Crippen LogP contribution in [0.25, 0.3) is 0 Å². The highest BCUT2D eigenvalue weighted by molar-refractivity contribution is 5.99. The van der Waals surface area contributed by atoms with Gasteiger partial charge in [-0.15, -0.1) is 0 Å². The van der Waals surface area contributed by atoms with Crippen molar-refractivity contribution in [2.24, 2.45) is 35.5 Å². The summed E-state index contributed by atoms with van der Waals surface area (Å²) >= 11 is 0. The first-order valence-corrected chi connectivity index (χ1v) is 42.0. The van der Waals surface area contributed by atoms with Crippen molar-refractivity contribution in [2.75, 3.05) is 139 Å². The maximum Gasteiger partial charge on any atom is 0.338 e. The number of hydrogen-bond donors (Lipinski definition) is 2. The van der Waals surface area contributed by atoms with Gasteiger partial charge in [0.15, 0.2) is 28.9 Å². The number of halogens is 2. The zero-order valence-corrected chi connectivity index (χ0v) is 68.7. The number of carbonyl (C=O) groups excluding carboxylic acids is 12. The van der Waals surface area contributed by atoms with Crippen LogP contribution in [0, 0.1) is 54.1 Å². The van der Waals surface area contributed by atoms with Crippen LogP contribution in [0.1, 0.15) is 145 Å². The second-order valence-electron chi connectivity index (χ2n) is 33.4. The van der Waals surface area contributed by atoms with Gasteiger partial charge in [0.1, 0.15) is 85.6 Å². The molecule has 1 aliphatic carbocycles. The van der Waals surface area contributed by atoms with Crippen LogP contribution in [0.4, 0.5) is 8.78 Å². The molecule has 648 valence electrons. The molecule has 15 heterocycles. The fraction of sp³-hybridized carbons (Fsp3) is 0.484. The van der Waals surface area contributed by atoms with Gasteiger partial charge in [0.2, 0.25) is 0 Å². The Balaban J connectivity index is 0.000000133. The number of nitrogens with zero attached hydrogens (tertiary/aromatic N) is 5. The number of aliphatic hydroxyl groups excluding tert-OH is 2. The summed E-state index contributed by atoms with van der Waals surface area (Å²) < 4.78 is 69.3. The first kappa shape index (κ1) is 89.3. The van der Waals surface area contributed by atoms with E-state index in [-0.39, 0.29) is 141 Å². The monoisotopic (exact) mass is 1680 g/mol. The second-order valence-corrected chi connectivity index (χ2v) is 33.4. The van der Waals surface area contributed by atoms with Crippen LogP contribution in [0.2, 0.25) is 0 Å². The highest BCUT2D eigenvalue weighted by atomic mass is 19.1. The minimum Gasteiger partial charge on any atom is -0.463 e. The van der Waals surface area contributed by atoms with Crippen molar-refractivity contribution in [1.29, 1.82) is 0 Å². The van der Waals surface area contributed by atoms with Gasteiger partial charge >= 0.3 is 41.8 Å². The molecule has 4 unspecified atom stereocenters. The molecule has 15 saturated heterocycles. The third kappa shape index (κ3) is 19.6. The van der Waals surface area contributed by atoms with Crippen molar-refractivity contribution >= 4 is 70.7 Å². The predicted octanol–water partition coefficient (Wildman–Crippen LogP) is 8.41. The zero-order valence-electron chi connectivity index (χ0n) is 68.7. The van der Waals surface area contributed by atoms with Gasteiger partial charge in [-0.05, 0) is 181 Å². The van der Waals surface area contributed by atoms with E-state index in [1.165, 1.54) is 48.5 Å². The maximum absolute atomic E-state index is 13.2. The van der Waals surface area contributed by atoms with E-state index >= 15 is 0 Å². The fourth-order valence-corrected chi connectivity index (χ4v) is 18.5. The molecule has 2 N–H and O–H groups in total. The van der Waals surface area contributed by atoms with Gasteiger partial charge in [0, 0.05) is 102 Å². The molecule has 1 saturated carbocycles.